The van der Waals surface area contributed by atoms with Crippen LogP contribution in [0.1, 0.15) is 17.0 Å². The van der Waals surface area contributed by atoms with Crippen LogP contribution in [0.25, 0.3) is 0 Å². The van der Waals surface area contributed by atoms with Gasteiger partial charge in [0, 0.05) is 36.3 Å². The number of aliphatic hydroxyl groups excluding tert-OH is 1. The first-order valence-electron chi connectivity index (χ1n) is 7.26. The maximum atomic E-state index is 10.3. The van der Waals surface area contributed by atoms with Crippen LogP contribution in [0.5, 0.6) is 0 Å². The van der Waals surface area contributed by atoms with Crippen molar-refractivity contribution in [2.24, 2.45) is 5.92 Å². The Morgan fingerprint density at radius 3 is 2.90 bits per heavy atom. The molecule has 21 heavy (non-hydrogen) atoms. The van der Waals surface area contributed by atoms with Gasteiger partial charge in [0.25, 0.3) is 0 Å². The number of β-amino-alcohol motifs (C(OH)–C–C–N with tert-alkyl or cyclic N) is 1. The molecule has 0 aliphatic carbocycles. The number of aliphatic hydroxyl groups is 1. The highest BCUT2D eigenvalue weighted by Gasteiger charge is 2.31. The molecule has 1 aromatic carbocycles. The number of likely N-dealkylation sites (tertiary alicyclic amines) is 1. The van der Waals surface area contributed by atoms with Gasteiger partial charge < -0.3 is 5.11 Å². The Kier molecular flexibility index (Phi) is 4.29. The number of aromatic amines is 1. The number of aromatic nitrogens is 2. The van der Waals surface area contributed by atoms with Crippen molar-refractivity contribution in [3.05, 3.63) is 52.3 Å². The molecule has 0 saturated carbocycles. The lowest BCUT2D eigenvalue weighted by Crippen LogP contribution is -2.21. The number of benzene rings is 1. The average molecular weight is 306 g/mol. The van der Waals surface area contributed by atoms with E-state index in [9.17, 15) is 5.11 Å². The number of H-pyrrole nitrogens is 1. The fraction of sp³-hybridized carbons (Fsp3) is 0.438. The minimum Gasteiger partial charge on any atom is -0.391 e. The molecule has 2 atom stereocenters. The van der Waals surface area contributed by atoms with Gasteiger partial charge in [0.1, 0.15) is 0 Å². The molecule has 1 fully saturated rings. The molecule has 2 aromatic rings. The van der Waals surface area contributed by atoms with Crippen molar-refractivity contribution in [2.75, 3.05) is 13.1 Å². The molecule has 1 aromatic heterocycles. The van der Waals surface area contributed by atoms with E-state index in [1.807, 2.05) is 37.3 Å². The van der Waals surface area contributed by atoms with Crippen LogP contribution < -0.4 is 0 Å². The molecule has 2 N–H and O–H groups in total. The topological polar surface area (TPSA) is 52.1 Å². The molecule has 3 rings (SSSR count). The Bertz CT molecular complexity index is 613. The third kappa shape index (κ3) is 3.46. The maximum Gasteiger partial charge on any atom is 0.0711 e. The normalized spacial score (nSPS) is 22.8. The molecule has 5 heteroatoms. The summed E-state index contributed by atoms with van der Waals surface area (Å²) in [5.74, 6) is 0.232. The van der Waals surface area contributed by atoms with Gasteiger partial charge in [-0.1, -0.05) is 29.8 Å². The zero-order valence-corrected chi connectivity index (χ0v) is 12.8. The number of hydrogen-bond donors (Lipinski definition) is 2. The number of hydrogen-bond acceptors (Lipinski definition) is 3. The number of nitrogens with zero attached hydrogens (tertiary/aromatic N) is 2. The van der Waals surface area contributed by atoms with Gasteiger partial charge in [-0.25, -0.2) is 0 Å². The van der Waals surface area contributed by atoms with E-state index in [4.69, 9.17) is 11.6 Å². The molecule has 2 unspecified atom stereocenters. The van der Waals surface area contributed by atoms with Crippen molar-refractivity contribution in [3.63, 3.8) is 0 Å². The Morgan fingerprint density at radius 1 is 1.38 bits per heavy atom. The standard InChI is InChI=1S/C16H20ClN3O/c1-11-6-14(19-18-11)7-13-9-20(10-16(13)21)8-12-4-2-3-5-15(12)17/h2-6,13,16,21H,7-10H2,1H3,(H,18,19). The van der Waals surface area contributed by atoms with Crippen LogP contribution in [0.15, 0.2) is 30.3 Å². The quantitative estimate of drug-likeness (QED) is 0.912. The summed E-state index contributed by atoms with van der Waals surface area (Å²) in [6.07, 6.45) is 0.509. The largest absolute Gasteiger partial charge is 0.391 e. The number of nitrogens with one attached hydrogen (secondary N) is 1. The first-order valence-corrected chi connectivity index (χ1v) is 7.64. The van der Waals surface area contributed by atoms with Crippen molar-refractivity contribution in [1.29, 1.82) is 0 Å². The van der Waals surface area contributed by atoms with Crippen LogP contribution in [0.2, 0.25) is 5.02 Å². The molecule has 1 aliphatic heterocycles. The van der Waals surface area contributed by atoms with E-state index in [1.165, 1.54) is 0 Å². The molecular weight excluding hydrogens is 286 g/mol. The highest BCUT2D eigenvalue weighted by atomic mass is 35.5. The van der Waals surface area contributed by atoms with Gasteiger partial charge in [-0.3, -0.25) is 10.00 Å². The summed E-state index contributed by atoms with van der Waals surface area (Å²) >= 11 is 6.20. The lowest BCUT2D eigenvalue weighted by molar-refractivity contribution is 0.140. The van der Waals surface area contributed by atoms with Crippen LogP contribution in [-0.2, 0) is 13.0 Å². The molecule has 2 heterocycles. The Labute approximate surface area is 129 Å². The van der Waals surface area contributed by atoms with Gasteiger partial charge in [-0.15, -0.1) is 0 Å². The van der Waals surface area contributed by atoms with E-state index in [0.29, 0.717) is 6.54 Å². The van der Waals surface area contributed by atoms with Gasteiger partial charge in [-0.2, -0.15) is 5.10 Å². The van der Waals surface area contributed by atoms with E-state index in [1.54, 1.807) is 0 Å². The highest BCUT2D eigenvalue weighted by Crippen LogP contribution is 2.24. The Balaban J connectivity index is 1.62. The Morgan fingerprint density at radius 2 is 2.19 bits per heavy atom. The predicted molar refractivity (Wildman–Crippen MR) is 83.3 cm³/mol. The van der Waals surface area contributed by atoms with Crippen LogP contribution >= 0.6 is 11.6 Å². The minimum atomic E-state index is -0.301. The van der Waals surface area contributed by atoms with E-state index in [-0.39, 0.29) is 12.0 Å². The van der Waals surface area contributed by atoms with Crippen LogP contribution in [0, 0.1) is 12.8 Å². The summed E-state index contributed by atoms with van der Waals surface area (Å²) in [4.78, 5) is 2.26. The van der Waals surface area contributed by atoms with Crippen molar-refractivity contribution < 1.29 is 5.11 Å². The fourth-order valence-electron chi connectivity index (χ4n) is 2.99. The monoisotopic (exact) mass is 305 g/mol. The molecule has 112 valence electrons. The second-order valence-corrected chi connectivity index (χ2v) is 6.27. The number of aryl methyl sites for hydroxylation is 1. The number of halogens is 1. The summed E-state index contributed by atoms with van der Waals surface area (Å²) < 4.78 is 0. The van der Waals surface area contributed by atoms with E-state index >= 15 is 0 Å². The highest BCUT2D eigenvalue weighted by molar-refractivity contribution is 6.31. The van der Waals surface area contributed by atoms with Gasteiger partial charge in [0.05, 0.1) is 11.8 Å². The second-order valence-electron chi connectivity index (χ2n) is 5.86. The Hall–Kier alpha value is -1.36. The van der Waals surface area contributed by atoms with Crippen molar-refractivity contribution in [3.8, 4) is 0 Å². The fourth-order valence-corrected chi connectivity index (χ4v) is 3.18. The SMILES string of the molecule is Cc1cc(CC2CN(Cc3ccccc3Cl)CC2O)n[nH]1. The summed E-state index contributed by atoms with van der Waals surface area (Å²) in [6.45, 7) is 4.34. The number of rotatable bonds is 4. The lowest BCUT2D eigenvalue weighted by atomic mass is 10.0. The smallest absolute Gasteiger partial charge is 0.0711 e. The van der Waals surface area contributed by atoms with Gasteiger partial charge in [0.15, 0.2) is 0 Å². The minimum absolute atomic E-state index is 0.232. The van der Waals surface area contributed by atoms with Gasteiger partial charge in [0.2, 0.25) is 0 Å². The van der Waals surface area contributed by atoms with E-state index < -0.39 is 0 Å². The third-order valence-corrected chi connectivity index (χ3v) is 4.43. The molecule has 0 amide bonds. The summed E-state index contributed by atoms with van der Waals surface area (Å²) in [6, 6.07) is 9.93. The zero-order valence-electron chi connectivity index (χ0n) is 12.1. The van der Waals surface area contributed by atoms with E-state index in [0.717, 1.165) is 41.5 Å². The summed E-state index contributed by atoms with van der Waals surface area (Å²) in [5.41, 5.74) is 3.20. The second kappa shape index (κ2) is 6.18. The predicted octanol–water partition coefficient (Wildman–Crippen LogP) is 2.41. The van der Waals surface area contributed by atoms with Crippen molar-refractivity contribution in [2.45, 2.75) is 26.0 Å². The van der Waals surface area contributed by atoms with Crippen LogP contribution in [0.3, 0.4) is 0 Å². The van der Waals surface area contributed by atoms with Gasteiger partial charge in [-0.05, 0) is 31.0 Å². The van der Waals surface area contributed by atoms with Crippen LogP contribution in [-0.4, -0.2) is 39.4 Å². The first-order chi connectivity index (χ1) is 10.1. The lowest BCUT2D eigenvalue weighted by Gasteiger charge is -2.16. The zero-order chi connectivity index (χ0) is 14.8. The van der Waals surface area contributed by atoms with Gasteiger partial charge >= 0.3 is 0 Å². The molecule has 0 spiro atoms. The third-order valence-electron chi connectivity index (χ3n) is 4.06. The van der Waals surface area contributed by atoms with Crippen LogP contribution in [0.4, 0.5) is 0 Å². The summed E-state index contributed by atoms with van der Waals surface area (Å²) in [5, 5.41) is 18.3. The molecule has 1 aliphatic rings. The van der Waals surface area contributed by atoms with Crippen molar-refractivity contribution >= 4 is 11.6 Å². The molecular formula is C16H20ClN3O. The molecule has 4 nitrogen and oxygen atoms in total. The maximum absolute atomic E-state index is 10.3. The first kappa shape index (κ1) is 14.6. The molecule has 1 saturated heterocycles. The summed E-state index contributed by atoms with van der Waals surface area (Å²) in [7, 11) is 0. The average Bonchev–Trinajstić information content (AvgIpc) is 3.00. The molecule has 0 radical (unpaired) electrons. The van der Waals surface area contributed by atoms with Crippen molar-refractivity contribution in [1.82, 2.24) is 15.1 Å². The molecule has 0 bridgehead atoms. The van der Waals surface area contributed by atoms with E-state index in [2.05, 4.69) is 15.1 Å².